The van der Waals surface area contributed by atoms with Crippen LogP contribution in [0.15, 0.2) is 72.9 Å². The lowest BCUT2D eigenvalue weighted by Gasteiger charge is -2.28. The Hall–Kier alpha value is -4.04. The predicted octanol–water partition coefficient (Wildman–Crippen LogP) is 6.33. The highest BCUT2D eigenvalue weighted by Gasteiger charge is 2.14. The molecule has 1 aromatic heterocycles. The molecule has 9 nitrogen and oxygen atoms in total. The highest BCUT2D eigenvalue weighted by molar-refractivity contribution is 14.1. The van der Waals surface area contributed by atoms with Crippen molar-refractivity contribution in [1.29, 1.82) is 0 Å². The van der Waals surface area contributed by atoms with E-state index in [0.29, 0.717) is 23.1 Å². The average molecular weight is 643 g/mol. The summed E-state index contributed by atoms with van der Waals surface area (Å²) in [5.74, 6) is -0.500. The SMILES string of the molecule is O=C(Nc1cc(F)ccc1F)Nc1ccccc1Nc1nc(Nc2ccc(N3CCOCC3)cc2)ncc1I. The molecule has 2 heterocycles. The van der Waals surface area contributed by atoms with Crippen LogP contribution in [0.25, 0.3) is 0 Å². The summed E-state index contributed by atoms with van der Waals surface area (Å²) in [6.45, 7) is 3.17. The Labute approximate surface area is 237 Å². The van der Waals surface area contributed by atoms with Crippen LogP contribution in [0.4, 0.5) is 53.8 Å². The molecule has 1 fully saturated rings. The number of ether oxygens (including phenoxy) is 1. The monoisotopic (exact) mass is 643 g/mol. The number of halogens is 3. The fourth-order valence-electron chi connectivity index (χ4n) is 3.92. The molecule has 0 atom stereocenters. The normalized spacial score (nSPS) is 13.1. The summed E-state index contributed by atoms with van der Waals surface area (Å²) in [5, 5.41) is 11.4. The topological polar surface area (TPSA) is 103 Å². The molecule has 1 aliphatic heterocycles. The molecule has 200 valence electrons. The smallest absolute Gasteiger partial charge is 0.323 e. The number of aromatic nitrogens is 2. The Morgan fingerprint density at radius 3 is 2.38 bits per heavy atom. The van der Waals surface area contributed by atoms with Crippen LogP contribution in [0.5, 0.6) is 0 Å². The fraction of sp³-hybridized carbons (Fsp3) is 0.148. The Bertz CT molecular complexity index is 1470. The number of nitrogens with one attached hydrogen (secondary N) is 4. The van der Waals surface area contributed by atoms with Crippen molar-refractivity contribution in [3.05, 3.63) is 88.1 Å². The molecule has 2 amide bonds. The highest BCUT2D eigenvalue weighted by atomic mass is 127. The standard InChI is InChI=1S/C27H24F2IN7O2/c28-17-5-10-20(29)24(15-17)35-27(38)34-23-4-2-1-3-22(23)33-25-21(30)16-31-26(36-25)32-18-6-8-19(9-7-18)37-11-13-39-14-12-37/h1-10,15-16H,11-14H2,(H2,34,35,38)(H2,31,32,33,36). The van der Waals surface area contributed by atoms with E-state index in [1.54, 1.807) is 30.5 Å². The molecule has 12 heteroatoms. The Morgan fingerprint density at radius 2 is 1.62 bits per heavy atom. The number of rotatable bonds is 7. The molecule has 5 rings (SSSR count). The summed E-state index contributed by atoms with van der Waals surface area (Å²) in [5.41, 5.74) is 2.65. The van der Waals surface area contributed by atoms with E-state index in [9.17, 15) is 13.6 Å². The van der Waals surface area contributed by atoms with Gasteiger partial charge >= 0.3 is 6.03 Å². The van der Waals surface area contributed by atoms with Gasteiger partial charge in [-0.05, 0) is 71.1 Å². The lowest BCUT2D eigenvalue weighted by molar-refractivity contribution is 0.122. The van der Waals surface area contributed by atoms with Gasteiger partial charge in [-0.25, -0.2) is 18.6 Å². The molecule has 39 heavy (non-hydrogen) atoms. The van der Waals surface area contributed by atoms with Crippen molar-refractivity contribution in [2.45, 2.75) is 0 Å². The van der Waals surface area contributed by atoms with E-state index < -0.39 is 17.7 Å². The van der Waals surface area contributed by atoms with Crippen molar-refractivity contribution in [3.63, 3.8) is 0 Å². The molecular weight excluding hydrogens is 619 g/mol. The summed E-state index contributed by atoms with van der Waals surface area (Å²) in [6, 6.07) is 17.1. The van der Waals surface area contributed by atoms with Gasteiger partial charge in [-0.15, -0.1) is 0 Å². The average Bonchev–Trinajstić information content (AvgIpc) is 2.94. The second-order valence-corrected chi connectivity index (χ2v) is 9.70. The summed E-state index contributed by atoms with van der Waals surface area (Å²) in [6.07, 6.45) is 1.68. The first kappa shape index (κ1) is 26.6. The van der Waals surface area contributed by atoms with E-state index in [4.69, 9.17) is 4.74 Å². The van der Waals surface area contributed by atoms with Crippen molar-refractivity contribution in [2.75, 3.05) is 52.5 Å². The molecule has 4 N–H and O–H groups in total. The van der Waals surface area contributed by atoms with Gasteiger partial charge in [0.1, 0.15) is 17.5 Å². The Balaban J connectivity index is 1.27. The van der Waals surface area contributed by atoms with Gasteiger partial charge in [0, 0.05) is 36.7 Å². The van der Waals surface area contributed by atoms with Gasteiger partial charge in [0.05, 0.1) is 33.8 Å². The van der Waals surface area contributed by atoms with Gasteiger partial charge in [0.15, 0.2) is 0 Å². The van der Waals surface area contributed by atoms with Crippen molar-refractivity contribution >= 4 is 68.8 Å². The number of hydrogen-bond acceptors (Lipinski definition) is 7. The second-order valence-electron chi connectivity index (χ2n) is 8.54. The Morgan fingerprint density at radius 1 is 0.897 bits per heavy atom. The van der Waals surface area contributed by atoms with Gasteiger partial charge in [-0.2, -0.15) is 4.98 Å². The third kappa shape index (κ3) is 6.89. The summed E-state index contributed by atoms with van der Waals surface area (Å²) >= 11 is 2.11. The van der Waals surface area contributed by atoms with Crippen molar-refractivity contribution < 1.29 is 18.3 Å². The number of nitrogens with zero attached hydrogens (tertiary/aromatic N) is 3. The maximum atomic E-state index is 13.9. The molecule has 0 unspecified atom stereocenters. The van der Waals surface area contributed by atoms with E-state index in [2.05, 4.69) is 58.7 Å². The minimum absolute atomic E-state index is 0.267. The number of amides is 2. The molecule has 0 saturated carbocycles. The quantitative estimate of drug-likeness (QED) is 0.175. The van der Waals surface area contributed by atoms with Crippen molar-refractivity contribution in [2.24, 2.45) is 0 Å². The van der Waals surface area contributed by atoms with E-state index in [1.165, 1.54) is 0 Å². The molecule has 1 aliphatic rings. The number of anilines is 7. The molecule has 0 aliphatic carbocycles. The summed E-state index contributed by atoms with van der Waals surface area (Å²) in [7, 11) is 0. The number of para-hydroxylation sites is 2. The second kappa shape index (κ2) is 12.2. The van der Waals surface area contributed by atoms with Gasteiger partial charge in [-0.1, -0.05) is 12.1 Å². The maximum Gasteiger partial charge on any atom is 0.323 e. The molecule has 4 aromatic rings. The first-order valence-corrected chi connectivity index (χ1v) is 13.1. The number of urea groups is 1. The van der Waals surface area contributed by atoms with E-state index in [0.717, 1.165) is 59.4 Å². The highest BCUT2D eigenvalue weighted by Crippen LogP contribution is 2.28. The third-order valence-electron chi connectivity index (χ3n) is 5.85. The maximum absolute atomic E-state index is 13.9. The predicted molar refractivity (Wildman–Crippen MR) is 156 cm³/mol. The van der Waals surface area contributed by atoms with Crippen molar-refractivity contribution in [1.82, 2.24) is 9.97 Å². The van der Waals surface area contributed by atoms with Gasteiger partial charge in [0.2, 0.25) is 5.95 Å². The zero-order valence-electron chi connectivity index (χ0n) is 20.5. The summed E-state index contributed by atoms with van der Waals surface area (Å²) in [4.78, 5) is 23.8. The molecular formula is C27H24F2IN7O2. The van der Waals surface area contributed by atoms with Gasteiger partial charge < -0.3 is 30.9 Å². The van der Waals surface area contributed by atoms with Crippen LogP contribution in [-0.4, -0.2) is 42.3 Å². The van der Waals surface area contributed by atoms with Crippen LogP contribution in [0.3, 0.4) is 0 Å². The molecule has 3 aromatic carbocycles. The minimum Gasteiger partial charge on any atom is -0.378 e. The van der Waals surface area contributed by atoms with Crippen LogP contribution in [0.2, 0.25) is 0 Å². The number of benzene rings is 3. The lowest BCUT2D eigenvalue weighted by Crippen LogP contribution is -2.36. The molecule has 0 spiro atoms. The number of hydrogen-bond donors (Lipinski definition) is 4. The first-order valence-electron chi connectivity index (χ1n) is 12.1. The molecule has 1 saturated heterocycles. The van der Waals surface area contributed by atoms with E-state index >= 15 is 0 Å². The van der Waals surface area contributed by atoms with Gasteiger partial charge in [0.25, 0.3) is 0 Å². The summed E-state index contributed by atoms with van der Waals surface area (Å²) < 4.78 is 33.6. The molecule has 0 radical (unpaired) electrons. The lowest BCUT2D eigenvalue weighted by atomic mass is 10.2. The van der Waals surface area contributed by atoms with Crippen LogP contribution in [-0.2, 0) is 4.74 Å². The Kier molecular flexibility index (Phi) is 8.32. The van der Waals surface area contributed by atoms with Crippen molar-refractivity contribution in [3.8, 4) is 0 Å². The number of morpholine rings is 1. The van der Waals surface area contributed by atoms with Gasteiger partial charge in [-0.3, -0.25) is 0 Å². The van der Waals surface area contributed by atoms with E-state index in [1.807, 2.05) is 24.3 Å². The fourth-order valence-corrected chi connectivity index (χ4v) is 4.31. The van der Waals surface area contributed by atoms with E-state index in [-0.39, 0.29) is 5.69 Å². The molecule has 0 bridgehead atoms. The minimum atomic E-state index is -0.746. The third-order valence-corrected chi connectivity index (χ3v) is 6.64. The zero-order chi connectivity index (χ0) is 27.2. The first-order chi connectivity index (χ1) is 18.9. The number of carbonyl (C=O) groups is 1. The van der Waals surface area contributed by atoms with Crippen LogP contribution in [0.1, 0.15) is 0 Å². The number of carbonyl (C=O) groups excluding carboxylic acids is 1. The largest absolute Gasteiger partial charge is 0.378 e. The van der Waals surface area contributed by atoms with Crippen LogP contribution < -0.4 is 26.2 Å². The van der Waals surface area contributed by atoms with Crippen LogP contribution in [0, 0.1) is 15.2 Å². The zero-order valence-corrected chi connectivity index (χ0v) is 22.7. The van der Waals surface area contributed by atoms with Crippen LogP contribution >= 0.6 is 22.6 Å².